The highest BCUT2D eigenvalue weighted by molar-refractivity contribution is 7.93. The second-order valence-corrected chi connectivity index (χ2v) is 9.15. The Hall–Kier alpha value is -2.98. The molecule has 0 bridgehead atoms. The van der Waals surface area contributed by atoms with Crippen molar-refractivity contribution in [1.82, 2.24) is 5.16 Å². The topological polar surface area (TPSA) is 118 Å². The maximum atomic E-state index is 13.0. The van der Waals surface area contributed by atoms with Crippen molar-refractivity contribution in [3.8, 4) is 0 Å². The molecule has 0 aliphatic carbocycles. The van der Waals surface area contributed by atoms with Crippen LogP contribution in [0.4, 0.5) is 11.6 Å². The van der Waals surface area contributed by atoms with Gasteiger partial charge in [-0.2, -0.15) is 0 Å². The van der Waals surface area contributed by atoms with Crippen LogP contribution in [0.2, 0.25) is 0 Å². The number of benzene rings is 1. The highest BCUT2D eigenvalue weighted by Gasteiger charge is 2.27. The van der Waals surface area contributed by atoms with Crippen molar-refractivity contribution >= 4 is 44.6 Å². The van der Waals surface area contributed by atoms with Gasteiger partial charge in [-0.05, 0) is 63.2 Å². The van der Waals surface area contributed by atoms with Crippen LogP contribution in [0.3, 0.4) is 0 Å². The Morgan fingerprint density at radius 1 is 1.30 bits per heavy atom. The number of nitrogens with one attached hydrogen (secondary N) is 2. The van der Waals surface area contributed by atoms with E-state index in [4.69, 9.17) is 10.0 Å². The van der Waals surface area contributed by atoms with Crippen LogP contribution >= 0.6 is 11.3 Å². The average Bonchev–Trinajstić information content (AvgIpc) is 3.35. The second-order valence-electron chi connectivity index (χ2n) is 6.58. The number of Topliss-reactive ketones (excluding diaryl/α,β-unsaturated/α-hetero) is 1. The summed E-state index contributed by atoms with van der Waals surface area (Å²) in [5.74, 6) is -1.49. The van der Waals surface area contributed by atoms with Crippen LogP contribution in [0.5, 0.6) is 0 Å². The summed E-state index contributed by atoms with van der Waals surface area (Å²) in [7, 11) is -4.37. The molecule has 0 atom stereocenters. The summed E-state index contributed by atoms with van der Waals surface area (Å²) in [4.78, 5) is 24.6. The molecule has 8 nitrogen and oxygen atoms in total. The minimum Gasteiger partial charge on any atom is -0.337 e. The lowest BCUT2D eigenvalue weighted by Gasteiger charge is -2.14. The first-order valence-corrected chi connectivity index (χ1v) is 11.0. The first kappa shape index (κ1) is 16.8. The van der Waals surface area contributed by atoms with Crippen molar-refractivity contribution < 1.29 is 28.0 Å². The lowest BCUT2D eigenvalue weighted by Crippen LogP contribution is -2.20. The predicted octanol–water partition coefficient (Wildman–Crippen LogP) is 4.23. The minimum absolute atomic E-state index is 0.00541. The first-order chi connectivity index (χ1) is 15.6. The quantitative estimate of drug-likeness (QED) is 0.542. The van der Waals surface area contributed by atoms with Crippen molar-refractivity contribution in [2.75, 3.05) is 10.0 Å². The van der Waals surface area contributed by atoms with E-state index < -0.39 is 22.8 Å². The van der Waals surface area contributed by atoms with Gasteiger partial charge in [0.05, 0.1) is 12.8 Å². The lowest BCUT2D eigenvalue weighted by molar-refractivity contribution is 0.101. The SMILES string of the molecule is [2H]c1c(C)cc(C(C)=O)c(NC(=O)c2sccc2S(=O)(=O)Nc2onc(C([2H])([2H])[2H])c2C)c1C. The van der Waals surface area contributed by atoms with Gasteiger partial charge in [0.15, 0.2) is 5.78 Å². The van der Waals surface area contributed by atoms with E-state index in [2.05, 4.69) is 15.2 Å². The molecule has 158 valence electrons. The fraction of sp³-hybridized carbons (Fsp3) is 0.250. The number of amides is 1. The van der Waals surface area contributed by atoms with Gasteiger partial charge in [-0.25, -0.2) is 13.1 Å². The molecule has 0 aliphatic rings. The molecule has 0 fully saturated rings. The normalized spacial score (nSPS) is 13.7. The van der Waals surface area contributed by atoms with E-state index in [1.807, 2.05) is 0 Å². The number of thiophene rings is 1. The third-order valence-corrected chi connectivity index (χ3v) is 6.70. The summed E-state index contributed by atoms with van der Waals surface area (Å²) in [6, 6.07) is 2.85. The predicted molar refractivity (Wildman–Crippen MR) is 115 cm³/mol. The molecular formula is C20H21N3O5S2. The Labute approximate surface area is 184 Å². The number of hydrogen-bond acceptors (Lipinski definition) is 7. The first-order valence-electron chi connectivity index (χ1n) is 10.6. The third-order valence-electron chi connectivity index (χ3n) is 4.28. The second kappa shape index (κ2) is 8.04. The summed E-state index contributed by atoms with van der Waals surface area (Å²) in [6.45, 7) is 3.33. The number of nitrogens with zero attached hydrogens (tertiary/aromatic N) is 1. The molecule has 0 saturated heterocycles. The molecule has 2 heterocycles. The van der Waals surface area contributed by atoms with Gasteiger partial charge in [-0.3, -0.25) is 9.59 Å². The minimum atomic E-state index is -4.37. The van der Waals surface area contributed by atoms with E-state index in [1.165, 1.54) is 31.4 Å². The monoisotopic (exact) mass is 451 g/mol. The summed E-state index contributed by atoms with van der Waals surface area (Å²) in [5.41, 5.74) is 0.870. The molecule has 0 radical (unpaired) electrons. The van der Waals surface area contributed by atoms with Crippen LogP contribution in [0.25, 0.3) is 0 Å². The molecule has 0 saturated carbocycles. The van der Waals surface area contributed by atoms with Gasteiger partial charge in [-0.1, -0.05) is 11.2 Å². The van der Waals surface area contributed by atoms with E-state index >= 15 is 0 Å². The summed E-state index contributed by atoms with van der Waals surface area (Å²) >= 11 is 0.856. The van der Waals surface area contributed by atoms with Crippen molar-refractivity contribution in [3.63, 3.8) is 0 Å². The number of aryl methyl sites for hydroxylation is 2. The summed E-state index contributed by atoms with van der Waals surface area (Å²) in [6.07, 6.45) is 0. The number of sulfonamides is 1. The van der Waals surface area contributed by atoms with Gasteiger partial charge in [0.25, 0.3) is 15.9 Å². The largest absolute Gasteiger partial charge is 0.337 e. The van der Waals surface area contributed by atoms with Crippen LogP contribution in [0, 0.1) is 27.6 Å². The molecule has 1 amide bonds. The van der Waals surface area contributed by atoms with Gasteiger partial charge in [0.2, 0.25) is 5.88 Å². The highest BCUT2D eigenvalue weighted by atomic mass is 32.2. The zero-order valence-electron chi connectivity index (χ0n) is 20.5. The van der Waals surface area contributed by atoms with Crippen molar-refractivity contribution in [2.45, 2.75) is 39.4 Å². The molecule has 10 heteroatoms. The molecule has 2 aromatic heterocycles. The Morgan fingerprint density at radius 2 is 2.03 bits per heavy atom. The van der Waals surface area contributed by atoms with Crippen LogP contribution in [-0.4, -0.2) is 25.3 Å². The number of aromatic nitrogens is 1. The number of anilines is 2. The van der Waals surface area contributed by atoms with Crippen molar-refractivity contribution in [1.29, 1.82) is 0 Å². The molecule has 0 aliphatic heterocycles. The Morgan fingerprint density at radius 3 is 2.67 bits per heavy atom. The van der Waals surface area contributed by atoms with Crippen LogP contribution < -0.4 is 10.0 Å². The summed E-state index contributed by atoms with van der Waals surface area (Å²) < 4.78 is 63.5. The van der Waals surface area contributed by atoms with Crippen molar-refractivity contribution in [3.05, 3.63) is 56.4 Å². The zero-order chi connectivity index (χ0) is 25.6. The lowest BCUT2D eigenvalue weighted by atomic mass is 10.0. The molecule has 3 aromatic rings. The number of carbonyl (C=O) groups is 2. The van der Waals surface area contributed by atoms with E-state index in [-0.39, 0.29) is 50.0 Å². The van der Waals surface area contributed by atoms with Gasteiger partial charge in [0, 0.05) is 15.2 Å². The average molecular weight is 452 g/mol. The number of hydrogen-bond donors (Lipinski definition) is 2. The Balaban J connectivity index is 1.97. The number of ketones is 1. The molecule has 1 aromatic carbocycles. The molecule has 0 unspecified atom stereocenters. The molecule has 0 spiro atoms. The van der Waals surface area contributed by atoms with Crippen LogP contribution in [-0.2, 0) is 10.0 Å². The Kier molecular flexibility index (Phi) is 4.49. The standard InChI is InChI=1S/C20H21N3O5S2/c1-10-8-11(2)17(15(9-10)14(5)24)21-19(25)18-16(6-7-29-18)30(26,27)23-20-12(3)13(4)22-28-20/h6-9,23H,1-5H3,(H,21,25)/i4D3,8D. The fourth-order valence-electron chi connectivity index (χ4n) is 2.78. The van der Waals surface area contributed by atoms with Gasteiger partial charge >= 0.3 is 0 Å². The van der Waals surface area contributed by atoms with E-state index in [0.29, 0.717) is 11.1 Å². The maximum Gasteiger partial charge on any atom is 0.267 e. The van der Waals surface area contributed by atoms with Gasteiger partial charge in [0.1, 0.15) is 9.77 Å². The molecule has 2 N–H and O–H groups in total. The molecule has 3 rings (SSSR count). The zero-order valence-corrected chi connectivity index (χ0v) is 18.2. The maximum absolute atomic E-state index is 13.0. The van der Waals surface area contributed by atoms with Crippen molar-refractivity contribution in [2.24, 2.45) is 0 Å². The number of carbonyl (C=O) groups excluding carboxylic acids is 2. The fourth-order valence-corrected chi connectivity index (χ4v) is 5.15. The smallest absolute Gasteiger partial charge is 0.267 e. The molecule has 30 heavy (non-hydrogen) atoms. The molecular weight excluding hydrogens is 426 g/mol. The Bertz CT molecular complexity index is 1410. The van der Waals surface area contributed by atoms with E-state index in [9.17, 15) is 18.0 Å². The number of rotatable bonds is 6. The van der Waals surface area contributed by atoms with E-state index in [0.717, 1.165) is 11.3 Å². The van der Waals surface area contributed by atoms with E-state index in [1.54, 1.807) is 13.8 Å². The third kappa shape index (κ3) is 4.14. The highest BCUT2D eigenvalue weighted by Crippen LogP contribution is 2.29. The van der Waals surface area contributed by atoms with Crippen LogP contribution in [0.1, 0.15) is 54.8 Å². The van der Waals surface area contributed by atoms with Gasteiger partial charge < -0.3 is 9.84 Å². The van der Waals surface area contributed by atoms with Crippen LogP contribution in [0.15, 0.2) is 33.0 Å². The summed E-state index contributed by atoms with van der Waals surface area (Å²) in [5, 5.41) is 7.39. The van der Waals surface area contributed by atoms with Gasteiger partial charge in [-0.15, -0.1) is 11.3 Å².